The van der Waals surface area contributed by atoms with Gasteiger partial charge in [0.2, 0.25) is 0 Å². The van der Waals surface area contributed by atoms with Gasteiger partial charge in [0.05, 0.1) is 6.61 Å². The Morgan fingerprint density at radius 3 is 2.58 bits per heavy atom. The molecule has 100 valence electrons. The van der Waals surface area contributed by atoms with E-state index < -0.39 is 18.0 Å². The lowest BCUT2D eigenvalue weighted by molar-refractivity contribution is -0.146. The van der Waals surface area contributed by atoms with E-state index in [2.05, 4.69) is 10.1 Å². The predicted octanol–water partition coefficient (Wildman–Crippen LogP) is 0.683. The quantitative estimate of drug-likeness (QED) is 0.798. The number of aromatic nitrogens is 3. The zero-order valence-electron chi connectivity index (χ0n) is 10.3. The van der Waals surface area contributed by atoms with Crippen molar-refractivity contribution < 1.29 is 15.0 Å². The van der Waals surface area contributed by atoms with Gasteiger partial charge in [0.1, 0.15) is 18.1 Å². The fraction of sp³-hybridized carbons (Fsp3) is 0.308. The summed E-state index contributed by atoms with van der Waals surface area (Å²) in [5, 5.41) is 23.0. The van der Waals surface area contributed by atoms with Crippen LogP contribution in [0.25, 0.3) is 0 Å². The molecule has 1 heterocycles. The molecule has 0 bridgehead atoms. The first-order chi connectivity index (χ1) is 9.19. The largest absolute Gasteiger partial charge is 0.481 e. The molecule has 19 heavy (non-hydrogen) atoms. The van der Waals surface area contributed by atoms with Gasteiger partial charge in [-0.25, -0.2) is 4.98 Å². The van der Waals surface area contributed by atoms with E-state index in [0.717, 1.165) is 0 Å². The smallest absolute Gasteiger partial charge is 0.316 e. The van der Waals surface area contributed by atoms with Gasteiger partial charge >= 0.3 is 5.97 Å². The van der Waals surface area contributed by atoms with Crippen molar-refractivity contribution >= 4 is 5.97 Å². The minimum atomic E-state index is -1.31. The molecule has 0 aliphatic heterocycles. The number of hydrogen-bond acceptors (Lipinski definition) is 4. The van der Waals surface area contributed by atoms with Gasteiger partial charge in [-0.15, -0.1) is 0 Å². The van der Waals surface area contributed by atoms with Crippen LogP contribution in [0.3, 0.4) is 0 Å². The topological polar surface area (TPSA) is 88.2 Å². The monoisotopic (exact) mass is 261 g/mol. The van der Waals surface area contributed by atoms with Crippen LogP contribution in [0.15, 0.2) is 43.0 Å². The Labute approximate surface area is 110 Å². The Hall–Kier alpha value is -2.21. The third-order valence-corrected chi connectivity index (χ3v) is 3.24. The van der Waals surface area contributed by atoms with Gasteiger partial charge in [0.25, 0.3) is 0 Å². The van der Waals surface area contributed by atoms with Crippen molar-refractivity contribution in [1.29, 1.82) is 0 Å². The lowest BCUT2D eigenvalue weighted by Gasteiger charge is -2.27. The summed E-state index contributed by atoms with van der Waals surface area (Å²) in [7, 11) is 0. The van der Waals surface area contributed by atoms with Gasteiger partial charge in [-0.3, -0.25) is 9.48 Å². The summed E-state index contributed by atoms with van der Waals surface area (Å²) >= 11 is 0. The van der Waals surface area contributed by atoms with E-state index in [0.29, 0.717) is 12.1 Å². The van der Waals surface area contributed by atoms with Crippen molar-refractivity contribution in [2.24, 2.45) is 0 Å². The molecule has 1 aromatic carbocycles. The Bertz CT molecular complexity index is 527. The first kappa shape index (κ1) is 13.2. The third-order valence-electron chi connectivity index (χ3n) is 3.24. The highest BCUT2D eigenvalue weighted by atomic mass is 16.4. The molecule has 2 aromatic rings. The van der Waals surface area contributed by atoms with Crippen molar-refractivity contribution in [3.8, 4) is 0 Å². The normalized spacial score (nSPS) is 13.9. The second-order valence-electron chi connectivity index (χ2n) is 4.32. The van der Waals surface area contributed by atoms with E-state index >= 15 is 0 Å². The summed E-state index contributed by atoms with van der Waals surface area (Å²) in [6.07, 6.45) is 3.16. The summed E-state index contributed by atoms with van der Waals surface area (Å²) in [5.41, 5.74) is -0.724. The fourth-order valence-electron chi connectivity index (χ4n) is 2.02. The molecule has 0 spiro atoms. The zero-order valence-corrected chi connectivity index (χ0v) is 10.3. The number of hydrogen-bond donors (Lipinski definition) is 2. The fourth-order valence-corrected chi connectivity index (χ4v) is 2.02. The number of rotatable bonds is 6. The molecule has 0 aliphatic rings. The van der Waals surface area contributed by atoms with Crippen LogP contribution in [0.2, 0.25) is 0 Å². The predicted molar refractivity (Wildman–Crippen MR) is 67.5 cm³/mol. The van der Waals surface area contributed by atoms with Gasteiger partial charge in [-0.1, -0.05) is 30.3 Å². The molecule has 1 atom stereocenters. The maximum Gasteiger partial charge on any atom is 0.316 e. The van der Waals surface area contributed by atoms with Crippen molar-refractivity contribution in [1.82, 2.24) is 14.8 Å². The Morgan fingerprint density at radius 1 is 1.32 bits per heavy atom. The van der Waals surface area contributed by atoms with E-state index in [4.69, 9.17) is 0 Å². The molecule has 0 fully saturated rings. The molecule has 0 saturated carbocycles. The summed E-state index contributed by atoms with van der Waals surface area (Å²) in [6, 6.07) is 8.76. The number of carbonyl (C=O) groups is 1. The SMILES string of the molecule is O=C(O)[C@@](CO)(CCn1cncn1)c1ccccc1. The highest BCUT2D eigenvalue weighted by Gasteiger charge is 2.39. The van der Waals surface area contributed by atoms with E-state index in [1.807, 2.05) is 6.07 Å². The Kier molecular flexibility index (Phi) is 3.91. The molecule has 2 rings (SSSR count). The van der Waals surface area contributed by atoms with Gasteiger partial charge in [-0.2, -0.15) is 5.10 Å². The van der Waals surface area contributed by atoms with Gasteiger partial charge < -0.3 is 10.2 Å². The van der Waals surface area contributed by atoms with E-state index in [1.54, 1.807) is 28.9 Å². The number of aliphatic carboxylic acids is 1. The number of aliphatic hydroxyl groups excluding tert-OH is 1. The number of carboxylic acids is 1. The Morgan fingerprint density at radius 2 is 2.05 bits per heavy atom. The summed E-state index contributed by atoms with van der Waals surface area (Å²) in [5.74, 6) is -1.04. The van der Waals surface area contributed by atoms with Crippen LogP contribution in [0.5, 0.6) is 0 Å². The van der Waals surface area contributed by atoms with Gasteiger partial charge in [0.15, 0.2) is 0 Å². The summed E-state index contributed by atoms with van der Waals surface area (Å²) < 4.78 is 1.55. The van der Waals surface area contributed by atoms with E-state index in [-0.39, 0.29) is 6.42 Å². The molecular weight excluding hydrogens is 246 g/mol. The maximum absolute atomic E-state index is 11.6. The van der Waals surface area contributed by atoms with Crippen LogP contribution >= 0.6 is 0 Å². The van der Waals surface area contributed by atoms with Gasteiger partial charge in [-0.05, 0) is 12.0 Å². The van der Waals surface area contributed by atoms with Crippen LogP contribution < -0.4 is 0 Å². The molecule has 0 saturated heterocycles. The standard InChI is InChI=1S/C13H15N3O3/c17-8-13(12(18)19,11-4-2-1-3-5-11)6-7-16-10-14-9-15-16/h1-5,9-10,17H,6-8H2,(H,18,19)/t13-/m1/s1. The molecule has 6 nitrogen and oxygen atoms in total. The minimum absolute atomic E-state index is 0.242. The average molecular weight is 261 g/mol. The first-order valence-electron chi connectivity index (χ1n) is 5.91. The first-order valence-corrected chi connectivity index (χ1v) is 5.91. The number of nitrogens with zero attached hydrogens (tertiary/aromatic N) is 3. The van der Waals surface area contributed by atoms with Crippen molar-refractivity contribution in [3.63, 3.8) is 0 Å². The summed E-state index contributed by atoms with van der Waals surface area (Å²) in [6.45, 7) is -0.0806. The number of carboxylic acid groups (broad SMARTS) is 1. The van der Waals surface area contributed by atoms with Crippen LogP contribution in [-0.4, -0.2) is 37.6 Å². The zero-order chi connectivity index (χ0) is 13.7. The highest BCUT2D eigenvalue weighted by molar-refractivity contribution is 5.81. The third kappa shape index (κ3) is 2.63. The lowest BCUT2D eigenvalue weighted by Crippen LogP contribution is -2.40. The van der Waals surface area contributed by atoms with Crippen LogP contribution in [-0.2, 0) is 16.8 Å². The van der Waals surface area contributed by atoms with Crippen molar-refractivity contribution in [2.45, 2.75) is 18.4 Å². The number of aliphatic hydroxyl groups is 1. The van der Waals surface area contributed by atoms with Crippen LogP contribution in [0, 0.1) is 0 Å². The number of aryl methyl sites for hydroxylation is 1. The average Bonchev–Trinajstić information content (AvgIpc) is 2.94. The van der Waals surface area contributed by atoms with Crippen LogP contribution in [0.4, 0.5) is 0 Å². The molecule has 0 unspecified atom stereocenters. The van der Waals surface area contributed by atoms with Gasteiger partial charge in [0, 0.05) is 6.54 Å². The van der Waals surface area contributed by atoms with E-state index in [9.17, 15) is 15.0 Å². The molecular formula is C13H15N3O3. The molecule has 0 radical (unpaired) electrons. The Balaban J connectivity index is 2.27. The number of benzene rings is 1. The highest BCUT2D eigenvalue weighted by Crippen LogP contribution is 2.28. The molecule has 0 amide bonds. The van der Waals surface area contributed by atoms with Crippen molar-refractivity contribution in [3.05, 3.63) is 48.5 Å². The summed E-state index contributed by atoms with van der Waals surface area (Å²) in [4.78, 5) is 15.4. The second kappa shape index (κ2) is 5.62. The van der Waals surface area contributed by atoms with E-state index in [1.165, 1.54) is 12.7 Å². The molecule has 2 N–H and O–H groups in total. The van der Waals surface area contributed by atoms with Crippen molar-refractivity contribution in [2.75, 3.05) is 6.61 Å². The minimum Gasteiger partial charge on any atom is -0.481 e. The molecule has 0 aliphatic carbocycles. The second-order valence-corrected chi connectivity index (χ2v) is 4.32. The van der Waals surface area contributed by atoms with Crippen LogP contribution in [0.1, 0.15) is 12.0 Å². The molecule has 6 heteroatoms. The molecule has 1 aromatic heterocycles. The maximum atomic E-state index is 11.6. The lowest BCUT2D eigenvalue weighted by atomic mass is 9.78.